The molecule has 0 aliphatic rings. The van der Waals surface area contributed by atoms with Gasteiger partial charge in [0.25, 0.3) is 0 Å². The maximum absolute atomic E-state index is 12.8. The van der Waals surface area contributed by atoms with Crippen molar-refractivity contribution >= 4 is 11.6 Å². The lowest BCUT2D eigenvalue weighted by Gasteiger charge is -2.16. The zero-order valence-corrected chi connectivity index (χ0v) is 8.28. The molecule has 0 saturated heterocycles. The summed E-state index contributed by atoms with van der Waals surface area (Å²) in [5.74, 6) is -0.173. The molecule has 0 fully saturated rings. The normalized spacial score (nSPS) is 15.1. The van der Waals surface area contributed by atoms with Crippen molar-refractivity contribution in [1.82, 2.24) is 0 Å². The van der Waals surface area contributed by atoms with E-state index in [4.69, 9.17) is 11.6 Å². The van der Waals surface area contributed by atoms with Crippen molar-refractivity contribution in [2.75, 3.05) is 5.88 Å². The molecule has 1 aromatic rings. The number of benzene rings is 1. The average Bonchev–Trinajstić information content (AvgIpc) is 2.17. The van der Waals surface area contributed by atoms with Crippen LogP contribution in [0, 0.1) is 5.82 Å². The lowest BCUT2D eigenvalue weighted by molar-refractivity contribution is 0.0168. The second-order valence-electron chi connectivity index (χ2n) is 3.04. The summed E-state index contributed by atoms with van der Waals surface area (Å²) in [6.45, 7) is 0. The van der Waals surface area contributed by atoms with Crippen molar-refractivity contribution < 1.29 is 14.6 Å². The summed E-state index contributed by atoms with van der Waals surface area (Å²) in [5, 5.41) is 19.0. The van der Waals surface area contributed by atoms with Gasteiger partial charge in [0.15, 0.2) is 0 Å². The van der Waals surface area contributed by atoms with Crippen molar-refractivity contribution in [3.05, 3.63) is 35.6 Å². The number of aliphatic hydroxyl groups is 2. The molecule has 2 nitrogen and oxygen atoms in total. The zero-order chi connectivity index (χ0) is 10.6. The lowest BCUT2D eigenvalue weighted by Crippen LogP contribution is -2.18. The number of halogens is 2. The fraction of sp³-hybridized carbons (Fsp3) is 0.400. The minimum absolute atomic E-state index is 0.257. The van der Waals surface area contributed by atoms with E-state index in [0.29, 0.717) is 5.56 Å². The first-order valence-corrected chi connectivity index (χ1v) is 4.86. The highest BCUT2D eigenvalue weighted by Gasteiger charge is 2.17. The molecule has 0 bridgehead atoms. The maximum atomic E-state index is 12.8. The number of aliphatic hydroxyl groups excluding tert-OH is 2. The summed E-state index contributed by atoms with van der Waals surface area (Å²) in [6, 6.07) is 5.53. The Morgan fingerprint density at radius 2 is 2.07 bits per heavy atom. The predicted molar refractivity (Wildman–Crippen MR) is 52.7 cm³/mol. The Hall–Kier alpha value is -0.640. The standard InChI is InChI=1S/C10H12ClFO2/c11-5-4-9(13)10(14)7-2-1-3-8(12)6-7/h1-3,6,9-10,13-14H,4-5H2. The van der Waals surface area contributed by atoms with Gasteiger partial charge in [0.2, 0.25) is 0 Å². The minimum atomic E-state index is -1.08. The first-order chi connectivity index (χ1) is 6.65. The second kappa shape index (κ2) is 5.29. The smallest absolute Gasteiger partial charge is 0.123 e. The topological polar surface area (TPSA) is 40.5 Å². The third-order valence-electron chi connectivity index (χ3n) is 1.96. The molecule has 2 unspecified atom stereocenters. The Morgan fingerprint density at radius 1 is 1.36 bits per heavy atom. The van der Waals surface area contributed by atoms with E-state index in [1.54, 1.807) is 6.07 Å². The van der Waals surface area contributed by atoms with Crippen molar-refractivity contribution in [3.63, 3.8) is 0 Å². The van der Waals surface area contributed by atoms with Gasteiger partial charge in [-0.25, -0.2) is 4.39 Å². The van der Waals surface area contributed by atoms with Crippen molar-refractivity contribution in [2.24, 2.45) is 0 Å². The molecule has 14 heavy (non-hydrogen) atoms. The first kappa shape index (κ1) is 11.4. The monoisotopic (exact) mass is 218 g/mol. The van der Waals surface area contributed by atoms with E-state index < -0.39 is 18.0 Å². The van der Waals surface area contributed by atoms with Gasteiger partial charge >= 0.3 is 0 Å². The van der Waals surface area contributed by atoms with Gasteiger partial charge in [-0.3, -0.25) is 0 Å². The number of hydrogen-bond acceptors (Lipinski definition) is 2. The third kappa shape index (κ3) is 2.94. The van der Waals surface area contributed by atoms with Crippen LogP contribution in [0.1, 0.15) is 18.1 Å². The van der Waals surface area contributed by atoms with E-state index in [1.807, 2.05) is 0 Å². The molecular weight excluding hydrogens is 207 g/mol. The fourth-order valence-corrected chi connectivity index (χ4v) is 1.41. The second-order valence-corrected chi connectivity index (χ2v) is 3.42. The van der Waals surface area contributed by atoms with Crippen LogP contribution in [-0.4, -0.2) is 22.2 Å². The zero-order valence-electron chi connectivity index (χ0n) is 7.53. The van der Waals surface area contributed by atoms with E-state index >= 15 is 0 Å². The Bertz CT molecular complexity index is 293. The number of rotatable bonds is 4. The predicted octanol–water partition coefficient (Wildman–Crippen LogP) is 1.85. The van der Waals surface area contributed by atoms with Crippen molar-refractivity contribution in [2.45, 2.75) is 18.6 Å². The summed E-state index contributed by atoms with van der Waals surface area (Å²) in [6.07, 6.45) is -1.75. The van der Waals surface area contributed by atoms with Gasteiger partial charge in [-0.2, -0.15) is 0 Å². The largest absolute Gasteiger partial charge is 0.390 e. The van der Waals surface area contributed by atoms with E-state index in [9.17, 15) is 14.6 Å². The Morgan fingerprint density at radius 3 is 2.64 bits per heavy atom. The molecule has 1 aromatic carbocycles. The highest BCUT2D eigenvalue weighted by Crippen LogP contribution is 2.19. The lowest BCUT2D eigenvalue weighted by atomic mass is 10.0. The Balaban J connectivity index is 2.73. The molecule has 0 amide bonds. The third-order valence-corrected chi connectivity index (χ3v) is 2.18. The molecule has 0 radical (unpaired) electrons. The summed E-state index contributed by atoms with van der Waals surface area (Å²) >= 11 is 5.41. The average molecular weight is 219 g/mol. The summed E-state index contributed by atoms with van der Waals surface area (Å²) in [7, 11) is 0. The van der Waals surface area contributed by atoms with Crippen LogP contribution in [-0.2, 0) is 0 Å². The van der Waals surface area contributed by atoms with Crippen LogP contribution in [0.5, 0.6) is 0 Å². The highest BCUT2D eigenvalue weighted by molar-refractivity contribution is 6.17. The summed E-state index contributed by atoms with van der Waals surface area (Å²) < 4.78 is 12.8. The van der Waals surface area contributed by atoms with Gasteiger partial charge < -0.3 is 10.2 Å². The van der Waals surface area contributed by atoms with Gasteiger partial charge in [-0.1, -0.05) is 12.1 Å². The highest BCUT2D eigenvalue weighted by atomic mass is 35.5. The van der Waals surface area contributed by atoms with Crippen LogP contribution in [0.25, 0.3) is 0 Å². The van der Waals surface area contributed by atoms with E-state index in [1.165, 1.54) is 18.2 Å². The molecular formula is C10H12ClFO2. The van der Waals surface area contributed by atoms with E-state index in [0.717, 1.165) is 0 Å². The first-order valence-electron chi connectivity index (χ1n) is 4.32. The molecule has 0 heterocycles. The molecule has 78 valence electrons. The van der Waals surface area contributed by atoms with Gasteiger partial charge in [0.1, 0.15) is 11.9 Å². The molecule has 1 rings (SSSR count). The van der Waals surface area contributed by atoms with Crippen LogP contribution in [0.2, 0.25) is 0 Å². The molecule has 0 saturated carbocycles. The molecule has 0 aliphatic heterocycles. The fourth-order valence-electron chi connectivity index (χ4n) is 1.18. The SMILES string of the molecule is OC(CCCl)C(O)c1cccc(F)c1. The quantitative estimate of drug-likeness (QED) is 0.758. The number of alkyl halides is 1. The van der Waals surface area contributed by atoms with Crippen LogP contribution >= 0.6 is 11.6 Å². The maximum Gasteiger partial charge on any atom is 0.123 e. The summed E-state index contributed by atoms with van der Waals surface area (Å²) in [4.78, 5) is 0. The molecule has 0 aromatic heterocycles. The van der Waals surface area contributed by atoms with Gasteiger partial charge in [0.05, 0.1) is 6.10 Å². The van der Waals surface area contributed by atoms with Crippen molar-refractivity contribution in [1.29, 1.82) is 0 Å². The van der Waals surface area contributed by atoms with Gasteiger partial charge in [-0.15, -0.1) is 11.6 Å². The van der Waals surface area contributed by atoms with Gasteiger partial charge in [-0.05, 0) is 24.1 Å². The molecule has 2 atom stereocenters. The molecule has 0 aliphatic carbocycles. The molecule has 4 heteroatoms. The van der Waals surface area contributed by atoms with Gasteiger partial charge in [0, 0.05) is 5.88 Å². The van der Waals surface area contributed by atoms with E-state index in [-0.39, 0.29) is 12.3 Å². The molecule has 0 spiro atoms. The number of hydrogen-bond donors (Lipinski definition) is 2. The van der Waals surface area contributed by atoms with E-state index in [2.05, 4.69) is 0 Å². The molecule has 2 N–H and O–H groups in total. The summed E-state index contributed by atoms with van der Waals surface area (Å²) in [5.41, 5.74) is 0.364. The van der Waals surface area contributed by atoms with Crippen LogP contribution in [0.15, 0.2) is 24.3 Å². The van der Waals surface area contributed by atoms with Crippen LogP contribution in [0.4, 0.5) is 4.39 Å². The minimum Gasteiger partial charge on any atom is -0.390 e. The van der Waals surface area contributed by atoms with Crippen LogP contribution in [0.3, 0.4) is 0 Å². The Kier molecular flexibility index (Phi) is 4.32. The Labute approximate surface area is 86.9 Å². The van der Waals surface area contributed by atoms with Crippen LogP contribution < -0.4 is 0 Å². The van der Waals surface area contributed by atoms with Crippen molar-refractivity contribution in [3.8, 4) is 0 Å².